The van der Waals surface area contributed by atoms with Crippen LogP contribution in [0.2, 0.25) is 5.02 Å². The summed E-state index contributed by atoms with van der Waals surface area (Å²) in [4.78, 5) is 14.5. The Morgan fingerprint density at radius 3 is 2.79 bits per heavy atom. The molecule has 1 saturated carbocycles. The molecule has 6 heteroatoms. The number of rotatable bonds is 4. The first-order chi connectivity index (χ1) is 11.7. The number of hydrogen-bond donors (Lipinski definition) is 1. The van der Waals surface area contributed by atoms with Crippen molar-refractivity contribution in [2.75, 3.05) is 12.1 Å². The molecule has 2 aromatic rings. The Kier molecular flexibility index (Phi) is 3.94. The number of anilines is 1. The Balaban J connectivity index is 1.49. The highest BCUT2D eigenvalue weighted by Crippen LogP contribution is 2.34. The minimum absolute atomic E-state index is 0.113. The lowest BCUT2D eigenvalue weighted by atomic mass is 10.2. The van der Waals surface area contributed by atoms with Crippen LogP contribution in [-0.2, 0) is 6.54 Å². The van der Waals surface area contributed by atoms with E-state index in [4.69, 9.17) is 21.1 Å². The smallest absolute Gasteiger partial charge is 0.322 e. The van der Waals surface area contributed by atoms with Crippen LogP contribution in [0.15, 0.2) is 42.5 Å². The van der Waals surface area contributed by atoms with Crippen molar-refractivity contribution in [1.82, 2.24) is 4.90 Å². The number of urea groups is 1. The number of nitrogens with zero attached hydrogens (tertiary/aromatic N) is 1. The third kappa shape index (κ3) is 3.26. The number of ether oxygens (including phenoxy) is 2. The topological polar surface area (TPSA) is 50.8 Å². The second-order valence-corrected chi connectivity index (χ2v) is 6.42. The number of halogens is 1. The van der Waals surface area contributed by atoms with Crippen molar-refractivity contribution in [2.24, 2.45) is 0 Å². The van der Waals surface area contributed by atoms with E-state index in [0.29, 0.717) is 17.3 Å². The largest absolute Gasteiger partial charge is 0.454 e. The molecule has 1 N–H and O–H groups in total. The first-order valence-electron chi connectivity index (χ1n) is 7.91. The molecule has 0 unspecified atom stereocenters. The van der Waals surface area contributed by atoms with Gasteiger partial charge in [-0.1, -0.05) is 23.7 Å². The van der Waals surface area contributed by atoms with Crippen LogP contribution in [0, 0.1) is 0 Å². The van der Waals surface area contributed by atoms with Gasteiger partial charge in [-0.3, -0.25) is 0 Å². The predicted molar refractivity (Wildman–Crippen MR) is 91.6 cm³/mol. The van der Waals surface area contributed by atoms with Gasteiger partial charge in [0.05, 0.1) is 0 Å². The molecular weight excluding hydrogens is 328 g/mol. The molecule has 1 heterocycles. The van der Waals surface area contributed by atoms with Crippen LogP contribution in [-0.4, -0.2) is 23.8 Å². The number of fused-ring (bicyclic) bond motifs is 1. The number of carbonyl (C=O) groups is 1. The van der Waals surface area contributed by atoms with Gasteiger partial charge in [0.2, 0.25) is 6.79 Å². The van der Waals surface area contributed by atoms with Crippen LogP contribution in [0.25, 0.3) is 0 Å². The number of nitrogens with one attached hydrogen (secondary N) is 1. The highest BCUT2D eigenvalue weighted by Gasteiger charge is 2.33. The van der Waals surface area contributed by atoms with Gasteiger partial charge in [0.15, 0.2) is 11.5 Å². The molecule has 2 amide bonds. The molecule has 5 nitrogen and oxygen atoms in total. The lowest BCUT2D eigenvalue weighted by Crippen LogP contribution is -2.36. The van der Waals surface area contributed by atoms with E-state index in [-0.39, 0.29) is 18.9 Å². The fourth-order valence-electron chi connectivity index (χ4n) is 2.75. The maximum absolute atomic E-state index is 12.7. The molecule has 0 bridgehead atoms. The Bertz CT molecular complexity index is 777. The summed E-state index contributed by atoms with van der Waals surface area (Å²) >= 11 is 5.98. The molecule has 124 valence electrons. The van der Waals surface area contributed by atoms with E-state index in [1.165, 1.54) is 0 Å². The molecule has 0 saturated heterocycles. The minimum Gasteiger partial charge on any atom is -0.454 e. The first kappa shape index (κ1) is 15.1. The van der Waals surface area contributed by atoms with Gasteiger partial charge in [0, 0.05) is 23.3 Å². The molecule has 2 aromatic carbocycles. The maximum atomic E-state index is 12.7. The predicted octanol–water partition coefficient (Wildman–Crippen LogP) is 4.27. The van der Waals surface area contributed by atoms with E-state index in [0.717, 1.165) is 29.9 Å². The van der Waals surface area contributed by atoms with Crippen molar-refractivity contribution in [3.05, 3.63) is 53.1 Å². The first-order valence-corrected chi connectivity index (χ1v) is 8.28. The van der Waals surface area contributed by atoms with Crippen molar-refractivity contribution in [2.45, 2.75) is 25.4 Å². The number of hydrogen-bond acceptors (Lipinski definition) is 3. The van der Waals surface area contributed by atoms with Crippen LogP contribution < -0.4 is 14.8 Å². The van der Waals surface area contributed by atoms with Gasteiger partial charge in [-0.15, -0.1) is 0 Å². The van der Waals surface area contributed by atoms with E-state index in [2.05, 4.69) is 5.32 Å². The summed E-state index contributed by atoms with van der Waals surface area (Å²) in [5.41, 5.74) is 1.72. The molecule has 1 aliphatic heterocycles. The molecule has 1 aliphatic carbocycles. The Labute approximate surface area is 145 Å². The second-order valence-electron chi connectivity index (χ2n) is 5.99. The van der Waals surface area contributed by atoms with E-state index in [1.54, 1.807) is 12.1 Å². The lowest BCUT2D eigenvalue weighted by Gasteiger charge is -2.23. The number of amides is 2. The summed E-state index contributed by atoms with van der Waals surface area (Å²) in [6.45, 7) is 0.786. The molecule has 24 heavy (non-hydrogen) atoms. The van der Waals surface area contributed by atoms with E-state index < -0.39 is 0 Å². The zero-order valence-corrected chi connectivity index (χ0v) is 13.8. The molecule has 0 atom stereocenters. The van der Waals surface area contributed by atoms with Crippen molar-refractivity contribution in [3.8, 4) is 11.5 Å². The monoisotopic (exact) mass is 344 g/mol. The minimum atomic E-state index is -0.113. The van der Waals surface area contributed by atoms with Gasteiger partial charge in [-0.25, -0.2) is 4.79 Å². The van der Waals surface area contributed by atoms with Crippen molar-refractivity contribution in [3.63, 3.8) is 0 Å². The molecular formula is C18H17ClN2O3. The second kappa shape index (κ2) is 6.24. The summed E-state index contributed by atoms with van der Waals surface area (Å²) in [5, 5.41) is 3.52. The zero-order valence-electron chi connectivity index (χ0n) is 13.0. The van der Waals surface area contributed by atoms with Gasteiger partial charge in [-0.05, 0) is 48.7 Å². The van der Waals surface area contributed by atoms with Gasteiger partial charge < -0.3 is 19.7 Å². The summed E-state index contributed by atoms with van der Waals surface area (Å²) in [6.07, 6.45) is 2.07. The SMILES string of the molecule is O=C(Nc1cccc(Cl)c1)N(Cc1ccc2c(c1)OCO2)C1CC1. The van der Waals surface area contributed by atoms with E-state index in [1.807, 2.05) is 35.2 Å². The summed E-state index contributed by atoms with van der Waals surface area (Å²) < 4.78 is 10.7. The Hall–Kier alpha value is -2.40. The summed E-state index contributed by atoms with van der Waals surface area (Å²) in [6, 6.07) is 13.1. The normalized spacial score (nSPS) is 15.2. The fraction of sp³-hybridized carbons (Fsp3) is 0.278. The van der Waals surface area contributed by atoms with Gasteiger partial charge in [0.25, 0.3) is 0 Å². The van der Waals surface area contributed by atoms with Gasteiger partial charge in [0.1, 0.15) is 0 Å². The quantitative estimate of drug-likeness (QED) is 0.901. The summed E-state index contributed by atoms with van der Waals surface area (Å²) in [5.74, 6) is 1.48. The highest BCUT2D eigenvalue weighted by atomic mass is 35.5. The number of benzene rings is 2. The van der Waals surface area contributed by atoms with Crippen LogP contribution >= 0.6 is 11.6 Å². The fourth-order valence-corrected chi connectivity index (χ4v) is 2.94. The lowest BCUT2D eigenvalue weighted by molar-refractivity contribution is 0.174. The average Bonchev–Trinajstić information content (AvgIpc) is 3.29. The van der Waals surface area contributed by atoms with Crippen LogP contribution in [0.1, 0.15) is 18.4 Å². The molecule has 0 radical (unpaired) electrons. The van der Waals surface area contributed by atoms with E-state index in [9.17, 15) is 4.79 Å². The summed E-state index contributed by atoms with van der Waals surface area (Å²) in [7, 11) is 0. The standard InChI is InChI=1S/C18H17ClN2O3/c19-13-2-1-3-14(9-13)20-18(22)21(15-5-6-15)10-12-4-7-16-17(8-12)24-11-23-16/h1-4,7-9,15H,5-6,10-11H2,(H,20,22). The third-order valence-electron chi connectivity index (χ3n) is 4.11. The average molecular weight is 345 g/mol. The van der Waals surface area contributed by atoms with Crippen LogP contribution in [0.4, 0.5) is 10.5 Å². The van der Waals surface area contributed by atoms with Crippen LogP contribution in [0.3, 0.4) is 0 Å². The van der Waals surface area contributed by atoms with Gasteiger partial charge in [-0.2, -0.15) is 0 Å². The Morgan fingerprint density at radius 2 is 2.00 bits per heavy atom. The highest BCUT2D eigenvalue weighted by molar-refractivity contribution is 6.30. The van der Waals surface area contributed by atoms with Crippen molar-refractivity contribution in [1.29, 1.82) is 0 Å². The van der Waals surface area contributed by atoms with Crippen LogP contribution in [0.5, 0.6) is 11.5 Å². The third-order valence-corrected chi connectivity index (χ3v) is 4.35. The van der Waals surface area contributed by atoms with Crippen molar-refractivity contribution >= 4 is 23.3 Å². The zero-order chi connectivity index (χ0) is 16.5. The maximum Gasteiger partial charge on any atom is 0.322 e. The number of carbonyl (C=O) groups excluding carboxylic acids is 1. The molecule has 1 fully saturated rings. The Morgan fingerprint density at radius 1 is 1.17 bits per heavy atom. The molecule has 0 spiro atoms. The van der Waals surface area contributed by atoms with E-state index >= 15 is 0 Å². The van der Waals surface area contributed by atoms with Gasteiger partial charge >= 0.3 is 6.03 Å². The molecule has 0 aromatic heterocycles. The molecule has 4 rings (SSSR count). The van der Waals surface area contributed by atoms with Crippen molar-refractivity contribution < 1.29 is 14.3 Å². The molecule has 2 aliphatic rings.